The molecule has 0 amide bonds. The SMILES string of the molecule is CCCCCCCC/C=C\CCCCCCC(C(=O)OCCCCCCCCCC)C(CCCCCCCCCCCCCC)C(=O)OCCCCCC(C)C. The maximum Gasteiger partial charge on any atom is 0.309 e. The summed E-state index contributed by atoms with van der Waals surface area (Å²) in [5, 5.41) is 0. The normalized spacial score (nSPS) is 12.8. The molecule has 0 aromatic rings. The molecule has 0 aromatic heterocycles. The molecule has 0 bridgehead atoms. The Morgan fingerprint density at radius 2 is 0.625 bits per heavy atom. The van der Waals surface area contributed by atoms with E-state index in [-0.39, 0.29) is 23.8 Å². The van der Waals surface area contributed by atoms with Crippen LogP contribution in [0.1, 0.15) is 279 Å². The molecule has 4 nitrogen and oxygen atoms in total. The molecule has 0 aliphatic heterocycles. The maximum atomic E-state index is 13.8. The average Bonchev–Trinajstić information content (AvgIpc) is 3.19. The maximum absolute atomic E-state index is 13.8. The lowest BCUT2D eigenvalue weighted by molar-refractivity contribution is -0.161. The Bertz CT molecular complexity index is 835. The van der Waals surface area contributed by atoms with Gasteiger partial charge in [-0.25, -0.2) is 0 Å². The van der Waals surface area contributed by atoms with Crippen LogP contribution in [0.5, 0.6) is 0 Å². The quantitative estimate of drug-likeness (QED) is 0.0350. The fourth-order valence-corrected chi connectivity index (χ4v) is 8.06. The van der Waals surface area contributed by atoms with Crippen molar-refractivity contribution in [3.05, 3.63) is 12.2 Å². The summed E-state index contributed by atoms with van der Waals surface area (Å²) in [6.07, 6.45) is 50.8. The van der Waals surface area contributed by atoms with Gasteiger partial charge in [0.2, 0.25) is 0 Å². The van der Waals surface area contributed by atoms with Crippen LogP contribution in [-0.2, 0) is 19.1 Å². The van der Waals surface area contributed by atoms with E-state index in [0.29, 0.717) is 19.1 Å². The molecule has 0 spiro atoms. The van der Waals surface area contributed by atoms with Crippen LogP contribution in [0, 0.1) is 17.8 Å². The summed E-state index contributed by atoms with van der Waals surface area (Å²) in [5.41, 5.74) is 0. The van der Waals surface area contributed by atoms with E-state index >= 15 is 0 Å². The van der Waals surface area contributed by atoms with Crippen molar-refractivity contribution in [3.63, 3.8) is 0 Å². The van der Waals surface area contributed by atoms with Crippen molar-refractivity contribution in [1.82, 2.24) is 0 Å². The van der Waals surface area contributed by atoms with Gasteiger partial charge < -0.3 is 9.47 Å². The number of hydrogen-bond acceptors (Lipinski definition) is 4. The molecule has 0 N–H and O–H groups in total. The van der Waals surface area contributed by atoms with E-state index in [0.717, 1.165) is 70.6 Å². The Morgan fingerprint density at radius 3 is 0.964 bits per heavy atom. The standard InChI is InChI=1S/C52H100O4/c1-6-9-12-15-18-21-23-25-26-28-30-32-35-39-44-49(51(53)55-46-41-36-33-20-17-14-11-8-3)50(52(54)56-47-42-37-38-43-48(4)5)45-40-34-31-29-27-24-22-19-16-13-10-7-2/h25-26,48-50H,6-24,27-47H2,1-5H3/b26-25-. The number of hydrogen-bond donors (Lipinski definition) is 0. The van der Waals surface area contributed by atoms with Crippen molar-refractivity contribution >= 4 is 11.9 Å². The first-order chi connectivity index (χ1) is 27.5. The molecule has 0 aromatic carbocycles. The first kappa shape index (κ1) is 54.7. The summed E-state index contributed by atoms with van der Waals surface area (Å²) >= 11 is 0. The summed E-state index contributed by atoms with van der Waals surface area (Å²) in [4.78, 5) is 27.6. The van der Waals surface area contributed by atoms with Crippen LogP contribution in [0.3, 0.4) is 0 Å². The van der Waals surface area contributed by atoms with Crippen molar-refractivity contribution in [2.24, 2.45) is 17.8 Å². The number of carbonyl (C=O) groups is 2. The van der Waals surface area contributed by atoms with Crippen LogP contribution < -0.4 is 0 Å². The molecule has 0 aliphatic carbocycles. The third-order valence-corrected chi connectivity index (χ3v) is 11.9. The Morgan fingerprint density at radius 1 is 0.357 bits per heavy atom. The lowest BCUT2D eigenvalue weighted by Gasteiger charge is -2.25. The lowest BCUT2D eigenvalue weighted by Crippen LogP contribution is -2.33. The van der Waals surface area contributed by atoms with Gasteiger partial charge in [0, 0.05) is 0 Å². The predicted molar refractivity (Wildman–Crippen MR) is 245 cm³/mol. The highest BCUT2D eigenvalue weighted by atomic mass is 16.5. The van der Waals surface area contributed by atoms with Crippen LogP contribution >= 0.6 is 0 Å². The molecule has 4 heteroatoms. The molecular formula is C52H100O4. The van der Waals surface area contributed by atoms with E-state index in [4.69, 9.17) is 9.47 Å². The lowest BCUT2D eigenvalue weighted by atomic mass is 9.83. The molecule has 0 rings (SSSR count). The number of ether oxygens (including phenoxy) is 2. The number of unbranched alkanes of at least 4 members (excludes halogenated alkanes) is 30. The van der Waals surface area contributed by atoms with Gasteiger partial charge in [-0.15, -0.1) is 0 Å². The Kier molecular flexibility index (Phi) is 43.7. The van der Waals surface area contributed by atoms with Crippen LogP contribution in [-0.4, -0.2) is 25.2 Å². The molecule has 0 saturated carbocycles. The molecule has 0 saturated heterocycles. The molecule has 2 unspecified atom stereocenters. The highest BCUT2D eigenvalue weighted by Crippen LogP contribution is 2.29. The fourth-order valence-electron chi connectivity index (χ4n) is 8.06. The van der Waals surface area contributed by atoms with Crippen molar-refractivity contribution in [3.8, 4) is 0 Å². The number of rotatable bonds is 45. The van der Waals surface area contributed by atoms with Gasteiger partial charge in [-0.05, 0) is 57.3 Å². The van der Waals surface area contributed by atoms with Gasteiger partial charge in [-0.3, -0.25) is 9.59 Å². The fraction of sp³-hybridized carbons (Fsp3) is 0.923. The van der Waals surface area contributed by atoms with Crippen molar-refractivity contribution in [2.45, 2.75) is 279 Å². The van der Waals surface area contributed by atoms with Crippen LogP contribution in [0.15, 0.2) is 12.2 Å². The average molecular weight is 789 g/mol. The molecule has 2 atom stereocenters. The van der Waals surface area contributed by atoms with E-state index in [1.165, 1.54) is 173 Å². The molecule has 0 fully saturated rings. The summed E-state index contributed by atoms with van der Waals surface area (Å²) in [7, 11) is 0. The van der Waals surface area contributed by atoms with Crippen LogP contribution in [0.4, 0.5) is 0 Å². The predicted octanol–water partition coefficient (Wildman–Crippen LogP) is 17.4. The van der Waals surface area contributed by atoms with E-state index in [9.17, 15) is 9.59 Å². The number of carbonyl (C=O) groups excluding carboxylic acids is 2. The smallest absolute Gasteiger partial charge is 0.309 e. The van der Waals surface area contributed by atoms with Crippen LogP contribution in [0.2, 0.25) is 0 Å². The summed E-state index contributed by atoms with van der Waals surface area (Å²) in [6.45, 7) is 12.3. The first-order valence-electron chi connectivity index (χ1n) is 25.5. The zero-order valence-electron chi connectivity index (χ0n) is 38.8. The Hall–Kier alpha value is -1.32. The monoisotopic (exact) mass is 789 g/mol. The van der Waals surface area contributed by atoms with E-state index in [1.807, 2.05) is 0 Å². The van der Waals surface area contributed by atoms with Gasteiger partial charge >= 0.3 is 11.9 Å². The molecule has 0 aliphatic rings. The van der Waals surface area contributed by atoms with Crippen molar-refractivity contribution in [1.29, 1.82) is 0 Å². The minimum absolute atomic E-state index is 0.150. The molecule has 0 radical (unpaired) electrons. The van der Waals surface area contributed by atoms with Gasteiger partial charge in [0.25, 0.3) is 0 Å². The number of esters is 2. The third-order valence-electron chi connectivity index (χ3n) is 11.9. The topological polar surface area (TPSA) is 52.6 Å². The zero-order valence-corrected chi connectivity index (χ0v) is 38.8. The minimum Gasteiger partial charge on any atom is -0.465 e. The summed E-state index contributed by atoms with van der Waals surface area (Å²) in [6, 6.07) is 0. The van der Waals surface area contributed by atoms with E-state index in [2.05, 4.69) is 46.8 Å². The van der Waals surface area contributed by atoms with Gasteiger partial charge in [0.1, 0.15) is 0 Å². The zero-order chi connectivity index (χ0) is 41.0. The Labute approximate surface area is 351 Å². The molecule has 56 heavy (non-hydrogen) atoms. The largest absolute Gasteiger partial charge is 0.465 e. The second-order valence-corrected chi connectivity index (χ2v) is 18.0. The minimum atomic E-state index is -0.387. The van der Waals surface area contributed by atoms with E-state index in [1.54, 1.807) is 0 Å². The molecular weight excluding hydrogens is 689 g/mol. The third kappa shape index (κ3) is 38.2. The summed E-state index contributed by atoms with van der Waals surface area (Å²) in [5.74, 6) is -0.363. The van der Waals surface area contributed by atoms with Crippen molar-refractivity contribution in [2.75, 3.05) is 13.2 Å². The van der Waals surface area contributed by atoms with Crippen molar-refractivity contribution < 1.29 is 19.1 Å². The first-order valence-corrected chi connectivity index (χ1v) is 25.5. The molecule has 332 valence electrons. The van der Waals surface area contributed by atoms with Crippen LogP contribution in [0.25, 0.3) is 0 Å². The highest BCUT2D eigenvalue weighted by Gasteiger charge is 2.35. The second-order valence-electron chi connectivity index (χ2n) is 18.0. The van der Waals surface area contributed by atoms with Gasteiger partial charge in [0.15, 0.2) is 0 Å². The van der Waals surface area contributed by atoms with Gasteiger partial charge in [0.05, 0.1) is 25.0 Å². The van der Waals surface area contributed by atoms with Gasteiger partial charge in [-0.2, -0.15) is 0 Å². The van der Waals surface area contributed by atoms with Gasteiger partial charge in [-0.1, -0.05) is 239 Å². The van der Waals surface area contributed by atoms with E-state index < -0.39 is 0 Å². The molecule has 0 heterocycles. The Balaban J connectivity index is 5.14. The number of allylic oxidation sites excluding steroid dienone is 2. The summed E-state index contributed by atoms with van der Waals surface area (Å²) < 4.78 is 12.0. The highest BCUT2D eigenvalue weighted by molar-refractivity contribution is 5.82. The second kappa shape index (κ2) is 44.8.